The summed E-state index contributed by atoms with van der Waals surface area (Å²) in [6.45, 7) is 8.50. The number of rotatable bonds is 5. The summed E-state index contributed by atoms with van der Waals surface area (Å²) in [7, 11) is 0. The number of nitrogens with zero attached hydrogens (tertiary/aromatic N) is 1. The third-order valence-corrected chi connectivity index (χ3v) is 4.11. The number of amides is 1. The lowest BCUT2D eigenvalue weighted by Gasteiger charge is -2.34. The predicted molar refractivity (Wildman–Crippen MR) is 84.8 cm³/mol. The molecule has 0 radical (unpaired) electrons. The Balaban J connectivity index is 3.02. The summed E-state index contributed by atoms with van der Waals surface area (Å²) in [5.74, 6) is 0.150. The van der Waals surface area contributed by atoms with Crippen molar-refractivity contribution in [3.63, 3.8) is 0 Å². The molecular formula is C15H22INO. The molecule has 0 aliphatic rings. The molecule has 1 amide bonds. The molecule has 0 aliphatic carbocycles. The van der Waals surface area contributed by atoms with E-state index < -0.39 is 0 Å². The van der Waals surface area contributed by atoms with Crippen LogP contribution in [0.2, 0.25) is 0 Å². The van der Waals surface area contributed by atoms with Crippen molar-refractivity contribution >= 4 is 28.5 Å². The minimum absolute atomic E-state index is 0.150. The highest BCUT2D eigenvalue weighted by Gasteiger charge is 2.24. The van der Waals surface area contributed by atoms with Crippen LogP contribution in [-0.2, 0) is 0 Å². The fourth-order valence-corrected chi connectivity index (χ4v) is 2.54. The standard InChI is InChI=1S/C15H22INO/c1-5-11(3)17(12(4)6-2)15(18)13-8-7-9-14(16)10-13/h7-12H,5-6H2,1-4H3. The fourth-order valence-electron chi connectivity index (χ4n) is 2.00. The average molecular weight is 359 g/mol. The number of halogens is 1. The van der Waals surface area contributed by atoms with Gasteiger partial charge in [0.25, 0.3) is 5.91 Å². The van der Waals surface area contributed by atoms with Crippen molar-refractivity contribution in [1.29, 1.82) is 0 Å². The van der Waals surface area contributed by atoms with Crippen molar-refractivity contribution < 1.29 is 4.79 Å². The number of benzene rings is 1. The van der Waals surface area contributed by atoms with Crippen molar-refractivity contribution in [3.8, 4) is 0 Å². The van der Waals surface area contributed by atoms with E-state index in [1.165, 1.54) is 0 Å². The highest BCUT2D eigenvalue weighted by molar-refractivity contribution is 14.1. The zero-order chi connectivity index (χ0) is 13.7. The predicted octanol–water partition coefficient (Wildman–Crippen LogP) is 4.33. The van der Waals surface area contributed by atoms with Gasteiger partial charge in [-0.15, -0.1) is 0 Å². The zero-order valence-electron chi connectivity index (χ0n) is 11.6. The number of carbonyl (C=O) groups excluding carboxylic acids is 1. The molecule has 2 unspecified atom stereocenters. The molecule has 0 heterocycles. The Labute approximate surface area is 124 Å². The van der Waals surface area contributed by atoms with Crippen LogP contribution in [0.1, 0.15) is 50.9 Å². The Hall–Kier alpha value is -0.580. The Morgan fingerprint density at radius 2 is 1.78 bits per heavy atom. The van der Waals surface area contributed by atoms with Gasteiger partial charge in [-0.3, -0.25) is 4.79 Å². The van der Waals surface area contributed by atoms with E-state index in [4.69, 9.17) is 0 Å². The molecule has 2 nitrogen and oxygen atoms in total. The van der Waals surface area contributed by atoms with Gasteiger partial charge in [-0.25, -0.2) is 0 Å². The van der Waals surface area contributed by atoms with Gasteiger partial charge >= 0.3 is 0 Å². The van der Waals surface area contributed by atoms with Crippen molar-refractivity contribution in [1.82, 2.24) is 4.90 Å². The van der Waals surface area contributed by atoms with Gasteiger partial charge in [-0.2, -0.15) is 0 Å². The van der Waals surface area contributed by atoms with E-state index >= 15 is 0 Å². The maximum atomic E-state index is 12.6. The monoisotopic (exact) mass is 359 g/mol. The Morgan fingerprint density at radius 3 is 2.22 bits per heavy atom. The highest BCUT2D eigenvalue weighted by Crippen LogP contribution is 2.17. The van der Waals surface area contributed by atoms with Crippen LogP contribution in [0, 0.1) is 3.57 Å². The molecule has 0 aliphatic heterocycles. The van der Waals surface area contributed by atoms with Crippen molar-refractivity contribution in [2.45, 2.75) is 52.6 Å². The van der Waals surface area contributed by atoms with Gasteiger partial charge in [-0.1, -0.05) is 19.9 Å². The van der Waals surface area contributed by atoms with Crippen molar-refractivity contribution in [2.24, 2.45) is 0 Å². The van der Waals surface area contributed by atoms with Crippen LogP contribution in [0.25, 0.3) is 0 Å². The lowest BCUT2D eigenvalue weighted by molar-refractivity contribution is 0.0598. The molecule has 3 heteroatoms. The third kappa shape index (κ3) is 3.70. The van der Waals surface area contributed by atoms with E-state index in [9.17, 15) is 4.79 Å². The first-order valence-electron chi connectivity index (χ1n) is 6.59. The largest absolute Gasteiger partial charge is 0.333 e. The topological polar surface area (TPSA) is 20.3 Å². The maximum Gasteiger partial charge on any atom is 0.254 e. The van der Waals surface area contributed by atoms with Crippen LogP contribution in [-0.4, -0.2) is 22.9 Å². The Kier molecular flexibility index (Phi) is 6.12. The van der Waals surface area contributed by atoms with E-state index in [1.807, 2.05) is 29.2 Å². The molecule has 1 aromatic rings. The summed E-state index contributed by atoms with van der Waals surface area (Å²) >= 11 is 2.24. The first-order chi connectivity index (χ1) is 8.51. The molecule has 0 fully saturated rings. The van der Waals surface area contributed by atoms with Gasteiger partial charge in [0.15, 0.2) is 0 Å². The van der Waals surface area contributed by atoms with E-state index in [1.54, 1.807) is 0 Å². The van der Waals surface area contributed by atoms with Crippen LogP contribution in [0.5, 0.6) is 0 Å². The molecule has 0 bridgehead atoms. The van der Waals surface area contributed by atoms with Gasteiger partial charge in [-0.05, 0) is 67.5 Å². The lowest BCUT2D eigenvalue weighted by atomic mass is 10.1. The number of hydrogen-bond donors (Lipinski definition) is 0. The molecule has 1 rings (SSSR count). The quantitative estimate of drug-likeness (QED) is 0.717. The third-order valence-electron chi connectivity index (χ3n) is 3.44. The number of carbonyl (C=O) groups is 1. The van der Waals surface area contributed by atoms with Crippen molar-refractivity contribution in [2.75, 3.05) is 0 Å². The maximum absolute atomic E-state index is 12.6. The van der Waals surface area contributed by atoms with Crippen molar-refractivity contribution in [3.05, 3.63) is 33.4 Å². The lowest BCUT2D eigenvalue weighted by Crippen LogP contribution is -2.44. The van der Waals surface area contributed by atoms with Crippen LogP contribution in [0.3, 0.4) is 0 Å². The summed E-state index contributed by atoms with van der Waals surface area (Å²) in [6.07, 6.45) is 1.97. The smallest absolute Gasteiger partial charge is 0.254 e. The first-order valence-corrected chi connectivity index (χ1v) is 7.67. The van der Waals surface area contributed by atoms with E-state index in [0.29, 0.717) is 0 Å². The molecule has 0 N–H and O–H groups in total. The Morgan fingerprint density at radius 1 is 1.22 bits per heavy atom. The van der Waals surface area contributed by atoms with Gasteiger partial charge in [0.05, 0.1) is 0 Å². The second kappa shape index (κ2) is 7.12. The summed E-state index contributed by atoms with van der Waals surface area (Å²) < 4.78 is 1.10. The van der Waals surface area contributed by atoms with Gasteiger partial charge in [0.2, 0.25) is 0 Å². The zero-order valence-corrected chi connectivity index (χ0v) is 13.8. The number of hydrogen-bond acceptors (Lipinski definition) is 1. The minimum Gasteiger partial charge on any atom is -0.333 e. The van der Waals surface area contributed by atoms with Crippen LogP contribution in [0.15, 0.2) is 24.3 Å². The molecule has 0 saturated carbocycles. The fraction of sp³-hybridized carbons (Fsp3) is 0.533. The van der Waals surface area contributed by atoms with Crippen LogP contribution >= 0.6 is 22.6 Å². The van der Waals surface area contributed by atoms with Crippen LogP contribution < -0.4 is 0 Å². The normalized spacial score (nSPS) is 14.1. The van der Waals surface area contributed by atoms with Gasteiger partial charge in [0.1, 0.15) is 0 Å². The SMILES string of the molecule is CCC(C)N(C(=O)c1cccc(I)c1)C(C)CC. The molecule has 100 valence electrons. The Bertz CT molecular complexity index is 395. The molecule has 2 atom stereocenters. The average Bonchev–Trinajstić information content (AvgIpc) is 2.38. The molecule has 1 aromatic carbocycles. The van der Waals surface area contributed by atoms with Gasteiger partial charge < -0.3 is 4.90 Å². The van der Waals surface area contributed by atoms with E-state index in [0.717, 1.165) is 22.0 Å². The molecule has 0 aromatic heterocycles. The first kappa shape index (κ1) is 15.5. The highest BCUT2D eigenvalue weighted by atomic mass is 127. The van der Waals surface area contributed by atoms with Gasteiger partial charge in [0, 0.05) is 21.2 Å². The van der Waals surface area contributed by atoms with Crippen LogP contribution in [0.4, 0.5) is 0 Å². The second-order valence-corrected chi connectivity index (χ2v) is 5.98. The van der Waals surface area contributed by atoms with E-state index in [2.05, 4.69) is 50.3 Å². The van der Waals surface area contributed by atoms with E-state index in [-0.39, 0.29) is 18.0 Å². The summed E-state index contributed by atoms with van der Waals surface area (Å²) in [5.41, 5.74) is 0.794. The molecular weight excluding hydrogens is 337 g/mol. The minimum atomic E-state index is 0.150. The molecule has 0 saturated heterocycles. The molecule has 0 spiro atoms. The summed E-state index contributed by atoms with van der Waals surface area (Å²) in [5, 5.41) is 0. The molecule has 18 heavy (non-hydrogen) atoms. The summed E-state index contributed by atoms with van der Waals surface area (Å²) in [4.78, 5) is 14.6. The summed E-state index contributed by atoms with van der Waals surface area (Å²) in [6, 6.07) is 8.38. The second-order valence-electron chi connectivity index (χ2n) is 4.74.